The summed E-state index contributed by atoms with van der Waals surface area (Å²) in [7, 11) is 4.12. The van der Waals surface area contributed by atoms with Crippen molar-refractivity contribution in [3.05, 3.63) is 65.2 Å². The first-order chi connectivity index (χ1) is 12.1. The molecule has 3 rings (SSSR count). The Balaban J connectivity index is 1.50. The maximum absolute atomic E-state index is 12.2. The van der Waals surface area contributed by atoms with E-state index >= 15 is 0 Å². The maximum atomic E-state index is 12.2. The van der Waals surface area contributed by atoms with E-state index in [0.717, 1.165) is 25.1 Å². The molecule has 0 bridgehead atoms. The molecule has 0 heterocycles. The number of carbonyl (C=O) groups excluding carboxylic acids is 1. The van der Waals surface area contributed by atoms with Crippen LogP contribution in [0.5, 0.6) is 0 Å². The van der Waals surface area contributed by atoms with Crippen LogP contribution in [0.4, 0.5) is 5.69 Å². The van der Waals surface area contributed by atoms with Gasteiger partial charge >= 0.3 is 0 Å². The summed E-state index contributed by atoms with van der Waals surface area (Å²) >= 11 is 0. The second-order valence-corrected chi connectivity index (χ2v) is 6.91. The first-order valence-electron chi connectivity index (χ1n) is 8.97. The maximum Gasteiger partial charge on any atom is 0.238 e. The molecule has 1 atom stereocenters. The normalized spacial score (nSPS) is 14.4. The zero-order valence-corrected chi connectivity index (χ0v) is 15.1. The molecule has 0 aromatic heterocycles. The van der Waals surface area contributed by atoms with Crippen molar-refractivity contribution in [1.29, 1.82) is 0 Å². The average molecular weight is 337 g/mol. The van der Waals surface area contributed by atoms with Crippen molar-refractivity contribution in [2.24, 2.45) is 0 Å². The summed E-state index contributed by atoms with van der Waals surface area (Å²) in [5, 5.41) is 6.28. The molecule has 1 aliphatic carbocycles. The van der Waals surface area contributed by atoms with Gasteiger partial charge in [-0.2, -0.15) is 0 Å². The lowest BCUT2D eigenvalue weighted by Gasteiger charge is -2.25. The van der Waals surface area contributed by atoms with Crippen LogP contribution < -0.4 is 10.6 Å². The molecule has 132 valence electrons. The number of nitrogens with one attached hydrogen (secondary N) is 2. The molecule has 0 saturated carbocycles. The Bertz CT molecular complexity index is 712. The van der Waals surface area contributed by atoms with Gasteiger partial charge in [0.2, 0.25) is 5.91 Å². The molecule has 0 saturated heterocycles. The zero-order chi connectivity index (χ0) is 17.6. The number of carbonyl (C=O) groups is 1. The van der Waals surface area contributed by atoms with E-state index in [-0.39, 0.29) is 11.9 Å². The molecule has 4 nitrogen and oxygen atoms in total. The minimum Gasteiger partial charge on any atom is -0.325 e. The molecule has 2 N–H and O–H groups in total. The van der Waals surface area contributed by atoms with E-state index in [2.05, 4.69) is 53.9 Å². The van der Waals surface area contributed by atoms with Crippen LogP contribution in [0, 0.1) is 0 Å². The fraction of sp³-hybridized carbons (Fsp3) is 0.381. The van der Waals surface area contributed by atoms with Gasteiger partial charge in [-0.25, -0.2) is 0 Å². The van der Waals surface area contributed by atoms with Gasteiger partial charge in [0, 0.05) is 18.3 Å². The van der Waals surface area contributed by atoms with Crippen LogP contribution in [0.25, 0.3) is 0 Å². The number of nitrogens with zero attached hydrogens (tertiary/aromatic N) is 1. The molecule has 0 aliphatic heterocycles. The molecule has 1 amide bonds. The van der Waals surface area contributed by atoms with Crippen molar-refractivity contribution < 1.29 is 4.79 Å². The number of hydrogen-bond acceptors (Lipinski definition) is 3. The highest BCUT2D eigenvalue weighted by atomic mass is 16.1. The predicted molar refractivity (Wildman–Crippen MR) is 103 cm³/mol. The fourth-order valence-corrected chi connectivity index (χ4v) is 3.45. The van der Waals surface area contributed by atoms with Gasteiger partial charge in [-0.05, 0) is 62.2 Å². The summed E-state index contributed by atoms with van der Waals surface area (Å²) in [6.45, 7) is 1.04. The summed E-state index contributed by atoms with van der Waals surface area (Å²) in [6.07, 6.45) is 3.51. The van der Waals surface area contributed by atoms with Gasteiger partial charge in [-0.1, -0.05) is 36.4 Å². The number of amides is 1. The highest BCUT2D eigenvalue weighted by Crippen LogP contribution is 2.24. The molecule has 25 heavy (non-hydrogen) atoms. The van der Waals surface area contributed by atoms with Crippen LogP contribution in [0.2, 0.25) is 0 Å². The van der Waals surface area contributed by atoms with Gasteiger partial charge in [-0.15, -0.1) is 0 Å². The summed E-state index contributed by atoms with van der Waals surface area (Å²) < 4.78 is 0. The molecule has 0 spiro atoms. The molecule has 4 heteroatoms. The van der Waals surface area contributed by atoms with Crippen LogP contribution >= 0.6 is 0 Å². The van der Waals surface area contributed by atoms with E-state index in [1.165, 1.54) is 23.1 Å². The minimum atomic E-state index is 0.00325. The summed E-state index contributed by atoms with van der Waals surface area (Å²) in [4.78, 5) is 14.4. The fourth-order valence-electron chi connectivity index (χ4n) is 3.45. The standard InChI is InChI=1S/C21H27N3O/c1-24(2)20(17-7-4-3-5-8-17)14-22-15-21(25)23-19-12-11-16-9-6-10-18(16)13-19/h3-5,7-8,11-13,20,22H,6,9-10,14-15H2,1-2H3,(H,23,25)/t20-/m1/s1. The second-order valence-electron chi connectivity index (χ2n) is 6.91. The topological polar surface area (TPSA) is 44.4 Å². The molecule has 2 aromatic carbocycles. The third-order valence-corrected chi connectivity index (χ3v) is 4.81. The first kappa shape index (κ1) is 17.6. The van der Waals surface area contributed by atoms with Crippen molar-refractivity contribution in [1.82, 2.24) is 10.2 Å². The van der Waals surface area contributed by atoms with Crippen LogP contribution in [0.3, 0.4) is 0 Å². The Morgan fingerprint density at radius 2 is 1.84 bits per heavy atom. The summed E-state index contributed by atoms with van der Waals surface area (Å²) in [6, 6.07) is 16.9. The van der Waals surface area contributed by atoms with Crippen molar-refractivity contribution in [2.45, 2.75) is 25.3 Å². The summed E-state index contributed by atoms with van der Waals surface area (Å²) in [5.74, 6) is 0.00325. The highest BCUT2D eigenvalue weighted by molar-refractivity contribution is 5.92. The van der Waals surface area contributed by atoms with Crippen molar-refractivity contribution in [2.75, 3.05) is 32.5 Å². The number of likely N-dealkylation sites (N-methyl/N-ethyl adjacent to an activating group) is 1. The number of benzene rings is 2. The quantitative estimate of drug-likeness (QED) is 0.816. The number of fused-ring (bicyclic) bond motifs is 1. The van der Waals surface area contributed by atoms with Crippen LogP contribution in [0.15, 0.2) is 48.5 Å². The van der Waals surface area contributed by atoms with E-state index in [1.54, 1.807) is 0 Å². The lowest BCUT2D eigenvalue weighted by Crippen LogP contribution is -2.35. The van der Waals surface area contributed by atoms with Crippen molar-refractivity contribution in [3.63, 3.8) is 0 Å². The van der Waals surface area contributed by atoms with E-state index in [0.29, 0.717) is 6.54 Å². The first-order valence-corrected chi connectivity index (χ1v) is 8.97. The molecule has 1 aliphatic rings. The minimum absolute atomic E-state index is 0.00325. The number of anilines is 1. The Labute approximate surface area is 150 Å². The molecule has 0 fully saturated rings. The number of aryl methyl sites for hydroxylation is 2. The molecular weight excluding hydrogens is 310 g/mol. The lowest BCUT2D eigenvalue weighted by atomic mass is 10.1. The molecule has 2 aromatic rings. The predicted octanol–water partition coefficient (Wildman–Crippen LogP) is 3.01. The highest BCUT2D eigenvalue weighted by Gasteiger charge is 2.15. The van der Waals surface area contributed by atoms with Gasteiger partial charge in [0.1, 0.15) is 0 Å². The Morgan fingerprint density at radius 3 is 2.60 bits per heavy atom. The Hall–Kier alpha value is -2.17. The average Bonchev–Trinajstić information content (AvgIpc) is 3.07. The Morgan fingerprint density at radius 1 is 1.08 bits per heavy atom. The molecular formula is C21H27N3O. The van der Waals surface area contributed by atoms with Crippen molar-refractivity contribution >= 4 is 11.6 Å². The van der Waals surface area contributed by atoms with Gasteiger partial charge in [0.25, 0.3) is 0 Å². The van der Waals surface area contributed by atoms with Crippen LogP contribution in [0.1, 0.15) is 29.2 Å². The zero-order valence-electron chi connectivity index (χ0n) is 15.1. The smallest absolute Gasteiger partial charge is 0.238 e. The lowest BCUT2D eigenvalue weighted by molar-refractivity contribution is -0.115. The third kappa shape index (κ3) is 4.68. The van der Waals surface area contributed by atoms with Gasteiger partial charge in [-0.3, -0.25) is 4.79 Å². The van der Waals surface area contributed by atoms with Gasteiger partial charge in [0.15, 0.2) is 0 Å². The van der Waals surface area contributed by atoms with E-state index < -0.39 is 0 Å². The van der Waals surface area contributed by atoms with E-state index in [1.807, 2.05) is 24.3 Å². The largest absolute Gasteiger partial charge is 0.325 e. The third-order valence-electron chi connectivity index (χ3n) is 4.81. The van der Waals surface area contributed by atoms with E-state index in [4.69, 9.17) is 0 Å². The SMILES string of the molecule is CN(C)[C@H](CNCC(=O)Nc1ccc2c(c1)CCC2)c1ccccc1. The number of rotatable bonds is 7. The monoisotopic (exact) mass is 337 g/mol. The van der Waals surface area contributed by atoms with Crippen LogP contribution in [-0.2, 0) is 17.6 Å². The Kier molecular flexibility index (Phi) is 5.84. The molecule has 0 unspecified atom stereocenters. The second kappa shape index (κ2) is 8.28. The van der Waals surface area contributed by atoms with E-state index in [9.17, 15) is 4.79 Å². The van der Waals surface area contributed by atoms with Gasteiger partial charge in [0.05, 0.1) is 6.54 Å². The molecule has 0 radical (unpaired) electrons. The summed E-state index contributed by atoms with van der Waals surface area (Å²) in [5.41, 5.74) is 4.95. The van der Waals surface area contributed by atoms with Crippen LogP contribution in [-0.4, -0.2) is 38.0 Å². The van der Waals surface area contributed by atoms with Crippen molar-refractivity contribution in [3.8, 4) is 0 Å². The van der Waals surface area contributed by atoms with Gasteiger partial charge < -0.3 is 15.5 Å². The number of hydrogen-bond donors (Lipinski definition) is 2.